The molecule has 1 aromatic heterocycles. The lowest BCUT2D eigenvalue weighted by molar-refractivity contribution is 0.448. The van der Waals surface area contributed by atoms with Gasteiger partial charge in [0.2, 0.25) is 0 Å². The predicted octanol–water partition coefficient (Wildman–Crippen LogP) is 1.93. The Morgan fingerprint density at radius 3 is 2.47 bits per heavy atom. The number of nitrogens with one attached hydrogen (secondary N) is 2. The number of furan rings is 1. The molecule has 0 spiro atoms. The Hall–Kier alpha value is -0.800. The molecule has 3 heteroatoms. The minimum absolute atomic E-state index is 0.839. The Morgan fingerprint density at radius 2 is 1.80 bits per heavy atom. The lowest BCUT2D eigenvalue weighted by Crippen LogP contribution is -2.21. The van der Waals surface area contributed by atoms with E-state index in [1.54, 1.807) is 0 Å². The van der Waals surface area contributed by atoms with Gasteiger partial charge in [0.05, 0.1) is 6.54 Å². The topological polar surface area (TPSA) is 37.2 Å². The van der Waals surface area contributed by atoms with Gasteiger partial charge in [0, 0.05) is 6.42 Å². The molecule has 86 valence electrons. The molecule has 0 aliphatic heterocycles. The van der Waals surface area contributed by atoms with Crippen molar-refractivity contribution in [1.29, 1.82) is 0 Å². The zero-order valence-corrected chi connectivity index (χ0v) is 9.81. The Bertz CT molecular complexity index is 258. The van der Waals surface area contributed by atoms with Crippen molar-refractivity contribution in [2.24, 2.45) is 0 Å². The average Bonchev–Trinajstić information content (AvgIpc) is 2.71. The van der Waals surface area contributed by atoms with Crippen LogP contribution in [0.15, 0.2) is 16.5 Å². The largest absolute Gasteiger partial charge is 0.465 e. The van der Waals surface area contributed by atoms with E-state index in [1.807, 2.05) is 0 Å². The van der Waals surface area contributed by atoms with Crippen LogP contribution in [0, 0.1) is 0 Å². The first-order valence-electron chi connectivity index (χ1n) is 5.85. The van der Waals surface area contributed by atoms with Gasteiger partial charge in [0.15, 0.2) is 0 Å². The second-order valence-corrected chi connectivity index (χ2v) is 3.61. The van der Waals surface area contributed by atoms with E-state index in [1.165, 1.54) is 0 Å². The molecule has 2 N–H and O–H groups in total. The summed E-state index contributed by atoms with van der Waals surface area (Å²) >= 11 is 0. The first-order chi connectivity index (χ1) is 7.36. The quantitative estimate of drug-likeness (QED) is 0.644. The van der Waals surface area contributed by atoms with E-state index in [-0.39, 0.29) is 0 Å². The summed E-state index contributed by atoms with van der Waals surface area (Å²) in [5, 5.41) is 6.66. The van der Waals surface area contributed by atoms with E-state index in [0.29, 0.717) is 0 Å². The minimum Gasteiger partial charge on any atom is -0.465 e. The molecule has 0 unspecified atom stereocenters. The molecular formula is C12H22N2O. The van der Waals surface area contributed by atoms with Gasteiger partial charge < -0.3 is 15.1 Å². The number of hydrogen-bond donors (Lipinski definition) is 2. The Labute approximate surface area is 92.2 Å². The van der Waals surface area contributed by atoms with Gasteiger partial charge in [-0.2, -0.15) is 0 Å². The molecule has 0 fully saturated rings. The van der Waals surface area contributed by atoms with Gasteiger partial charge in [-0.3, -0.25) is 0 Å². The first kappa shape index (κ1) is 12.3. The third kappa shape index (κ3) is 5.00. The molecule has 1 rings (SSSR count). The maximum absolute atomic E-state index is 5.58. The van der Waals surface area contributed by atoms with E-state index in [2.05, 4.69) is 36.6 Å². The summed E-state index contributed by atoms with van der Waals surface area (Å²) in [5.41, 5.74) is 0. The van der Waals surface area contributed by atoms with Crippen molar-refractivity contribution in [2.75, 3.05) is 19.6 Å². The molecule has 0 saturated heterocycles. The normalized spacial score (nSPS) is 10.8. The van der Waals surface area contributed by atoms with Gasteiger partial charge >= 0.3 is 0 Å². The van der Waals surface area contributed by atoms with Gasteiger partial charge in [-0.1, -0.05) is 13.8 Å². The third-order valence-electron chi connectivity index (χ3n) is 2.32. The smallest absolute Gasteiger partial charge is 0.117 e. The van der Waals surface area contributed by atoms with E-state index in [4.69, 9.17) is 4.42 Å². The Morgan fingerprint density at radius 1 is 1.07 bits per heavy atom. The predicted molar refractivity (Wildman–Crippen MR) is 63.0 cm³/mol. The fourth-order valence-corrected chi connectivity index (χ4v) is 1.43. The summed E-state index contributed by atoms with van der Waals surface area (Å²) in [4.78, 5) is 0. The van der Waals surface area contributed by atoms with Gasteiger partial charge in [-0.25, -0.2) is 0 Å². The molecule has 0 aromatic carbocycles. The van der Waals surface area contributed by atoms with E-state index < -0.39 is 0 Å². The highest BCUT2D eigenvalue weighted by atomic mass is 16.3. The molecule has 0 aliphatic carbocycles. The molecule has 0 aliphatic rings. The van der Waals surface area contributed by atoms with Crippen molar-refractivity contribution >= 4 is 0 Å². The Balaban J connectivity index is 2.04. The van der Waals surface area contributed by atoms with Gasteiger partial charge in [-0.05, 0) is 38.2 Å². The summed E-state index contributed by atoms with van der Waals surface area (Å²) < 4.78 is 5.58. The maximum Gasteiger partial charge on any atom is 0.117 e. The second kappa shape index (κ2) is 7.49. The van der Waals surface area contributed by atoms with Crippen LogP contribution in [0.4, 0.5) is 0 Å². The van der Waals surface area contributed by atoms with Crippen LogP contribution < -0.4 is 10.6 Å². The maximum atomic E-state index is 5.58. The summed E-state index contributed by atoms with van der Waals surface area (Å²) in [5.74, 6) is 2.11. The van der Waals surface area contributed by atoms with Crippen LogP contribution in [0.2, 0.25) is 0 Å². The summed E-state index contributed by atoms with van der Waals surface area (Å²) in [6.07, 6.45) is 2.13. The summed E-state index contributed by atoms with van der Waals surface area (Å²) in [6, 6.07) is 4.10. The van der Waals surface area contributed by atoms with Crippen LogP contribution in [-0.4, -0.2) is 19.6 Å². The lowest BCUT2D eigenvalue weighted by Gasteiger charge is -2.03. The van der Waals surface area contributed by atoms with Crippen molar-refractivity contribution in [1.82, 2.24) is 10.6 Å². The van der Waals surface area contributed by atoms with Crippen LogP contribution in [0.3, 0.4) is 0 Å². The SMILES string of the molecule is CCNCCCNCc1ccc(CC)o1. The van der Waals surface area contributed by atoms with Crippen molar-refractivity contribution in [3.63, 3.8) is 0 Å². The molecule has 3 nitrogen and oxygen atoms in total. The molecule has 0 amide bonds. The lowest BCUT2D eigenvalue weighted by atomic mass is 10.3. The van der Waals surface area contributed by atoms with Gasteiger partial charge in [0.25, 0.3) is 0 Å². The molecule has 0 radical (unpaired) electrons. The van der Waals surface area contributed by atoms with E-state index in [9.17, 15) is 0 Å². The highest BCUT2D eigenvalue weighted by Gasteiger charge is 1.98. The van der Waals surface area contributed by atoms with E-state index in [0.717, 1.165) is 50.5 Å². The van der Waals surface area contributed by atoms with Crippen molar-refractivity contribution in [3.05, 3.63) is 23.7 Å². The summed E-state index contributed by atoms with van der Waals surface area (Å²) in [7, 11) is 0. The fourth-order valence-electron chi connectivity index (χ4n) is 1.43. The third-order valence-corrected chi connectivity index (χ3v) is 2.32. The standard InChI is InChI=1S/C12H22N2O/c1-3-11-6-7-12(15-11)10-14-9-5-8-13-4-2/h6-7,13-14H,3-5,8-10H2,1-2H3. The van der Waals surface area contributed by atoms with Crippen LogP contribution in [0.5, 0.6) is 0 Å². The second-order valence-electron chi connectivity index (χ2n) is 3.61. The van der Waals surface area contributed by atoms with Crippen molar-refractivity contribution in [2.45, 2.75) is 33.2 Å². The van der Waals surface area contributed by atoms with Crippen LogP contribution in [0.1, 0.15) is 31.8 Å². The van der Waals surface area contributed by atoms with E-state index >= 15 is 0 Å². The molecule has 1 aromatic rings. The molecule has 1 heterocycles. The van der Waals surface area contributed by atoms with Gasteiger partial charge in [-0.15, -0.1) is 0 Å². The van der Waals surface area contributed by atoms with Crippen LogP contribution in [0.25, 0.3) is 0 Å². The molecule has 0 saturated carbocycles. The zero-order valence-electron chi connectivity index (χ0n) is 9.81. The first-order valence-corrected chi connectivity index (χ1v) is 5.85. The average molecular weight is 210 g/mol. The monoisotopic (exact) mass is 210 g/mol. The highest BCUT2D eigenvalue weighted by Crippen LogP contribution is 2.07. The number of rotatable bonds is 8. The molecular weight excluding hydrogens is 188 g/mol. The van der Waals surface area contributed by atoms with Crippen molar-refractivity contribution in [3.8, 4) is 0 Å². The highest BCUT2D eigenvalue weighted by molar-refractivity contribution is 5.06. The van der Waals surface area contributed by atoms with Crippen LogP contribution >= 0.6 is 0 Å². The molecule has 15 heavy (non-hydrogen) atoms. The zero-order chi connectivity index (χ0) is 10.9. The summed E-state index contributed by atoms with van der Waals surface area (Å²) in [6.45, 7) is 8.25. The minimum atomic E-state index is 0.839. The number of aryl methyl sites for hydroxylation is 1. The number of hydrogen-bond acceptors (Lipinski definition) is 3. The van der Waals surface area contributed by atoms with Crippen LogP contribution in [-0.2, 0) is 13.0 Å². The van der Waals surface area contributed by atoms with Crippen molar-refractivity contribution < 1.29 is 4.42 Å². The molecule has 0 atom stereocenters. The molecule has 0 bridgehead atoms. The Kier molecular flexibility index (Phi) is 6.12. The fraction of sp³-hybridized carbons (Fsp3) is 0.667. The van der Waals surface area contributed by atoms with Gasteiger partial charge in [0.1, 0.15) is 11.5 Å².